The SMILES string of the molecule is [O]Cc1cc(C(=O)O)ccc1C(=O)O. The fraction of sp³-hybridized carbons (Fsp3) is 0.111. The van der Waals surface area contributed by atoms with Crippen LogP contribution in [0.1, 0.15) is 26.3 Å². The second-order valence-electron chi connectivity index (χ2n) is 2.63. The molecule has 0 aromatic heterocycles. The monoisotopic (exact) mass is 195 g/mol. The van der Waals surface area contributed by atoms with Crippen molar-refractivity contribution in [1.29, 1.82) is 0 Å². The Balaban J connectivity index is 3.25. The van der Waals surface area contributed by atoms with Gasteiger partial charge in [-0.25, -0.2) is 14.7 Å². The molecule has 73 valence electrons. The van der Waals surface area contributed by atoms with E-state index in [9.17, 15) is 14.7 Å². The van der Waals surface area contributed by atoms with Gasteiger partial charge in [0.1, 0.15) is 6.61 Å². The molecule has 0 saturated carbocycles. The maximum atomic E-state index is 10.6. The third-order valence-electron chi connectivity index (χ3n) is 1.74. The Bertz CT molecular complexity index is 383. The summed E-state index contributed by atoms with van der Waals surface area (Å²) in [5.41, 5.74) is -0.247. The molecule has 1 rings (SSSR count). The van der Waals surface area contributed by atoms with Crippen molar-refractivity contribution in [3.8, 4) is 0 Å². The van der Waals surface area contributed by atoms with E-state index < -0.39 is 18.5 Å². The molecule has 5 heteroatoms. The maximum Gasteiger partial charge on any atom is 0.336 e. The fourth-order valence-electron chi connectivity index (χ4n) is 1.05. The van der Waals surface area contributed by atoms with Gasteiger partial charge in [0, 0.05) is 0 Å². The van der Waals surface area contributed by atoms with E-state index in [4.69, 9.17) is 10.2 Å². The van der Waals surface area contributed by atoms with Crippen LogP contribution < -0.4 is 0 Å². The van der Waals surface area contributed by atoms with E-state index in [1.165, 1.54) is 0 Å². The summed E-state index contributed by atoms with van der Waals surface area (Å²) in [7, 11) is 0. The minimum absolute atomic E-state index is 0.0163. The first-order valence-electron chi connectivity index (χ1n) is 3.74. The van der Waals surface area contributed by atoms with Crippen LogP contribution in [0.25, 0.3) is 0 Å². The first kappa shape index (κ1) is 10.2. The largest absolute Gasteiger partial charge is 0.478 e. The fourth-order valence-corrected chi connectivity index (χ4v) is 1.05. The molecule has 1 aromatic rings. The molecule has 0 saturated heterocycles. The van der Waals surface area contributed by atoms with E-state index in [1.54, 1.807) is 0 Å². The molecule has 0 aliphatic carbocycles. The van der Waals surface area contributed by atoms with Gasteiger partial charge in [0.05, 0.1) is 11.1 Å². The Morgan fingerprint density at radius 1 is 1.14 bits per heavy atom. The van der Waals surface area contributed by atoms with E-state index in [0.29, 0.717) is 0 Å². The lowest BCUT2D eigenvalue weighted by Crippen LogP contribution is -2.05. The standard InChI is InChI=1S/C9H7O5/c10-4-6-3-5(8(11)12)1-2-7(6)9(13)14/h1-3H,4H2,(H,11,12)(H,13,14). The Morgan fingerprint density at radius 2 is 1.79 bits per heavy atom. The Morgan fingerprint density at radius 3 is 2.21 bits per heavy atom. The lowest BCUT2D eigenvalue weighted by atomic mass is 10.0. The zero-order valence-electron chi connectivity index (χ0n) is 7.06. The number of carboxylic acids is 2. The van der Waals surface area contributed by atoms with E-state index in [-0.39, 0.29) is 16.7 Å². The van der Waals surface area contributed by atoms with Crippen molar-refractivity contribution in [1.82, 2.24) is 0 Å². The molecule has 0 spiro atoms. The van der Waals surface area contributed by atoms with Gasteiger partial charge in [-0.2, -0.15) is 0 Å². The van der Waals surface area contributed by atoms with Crippen LogP contribution in [0.5, 0.6) is 0 Å². The second kappa shape index (κ2) is 3.89. The summed E-state index contributed by atoms with van der Waals surface area (Å²) >= 11 is 0. The number of hydrogen-bond acceptors (Lipinski definition) is 2. The van der Waals surface area contributed by atoms with Crippen LogP contribution in [0.4, 0.5) is 0 Å². The van der Waals surface area contributed by atoms with Crippen LogP contribution in [-0.2, 0) is 11.7 Å². The third kappa shape index (κ3) is 1.89. The average Bonchev–Trinajstić information content (AvgIpc) is 2.16. The van der Waals surface area contributed by atoms with Crippen LogP contribution in [0.15, 0.2) is 18.2 Å². The molecule has 1 aromatic carbocycles. The Hall–Kier alpha value is -1.88. The topological polar surface area (TPSA) is 94.5 Å². The predicted molar refractivity (Wildman–Crippen MR) is 44.8 cm³/mol. The normalized spacial score (nSPS) is 9.79. The number of carbonyl (C=O) groups is 2. The van der Waals surface area contributed by atoms with Crippen LogP contribution in [-0.4, -0.2) is 22.2 Å². The van der Waals surface area contributed by atoms with Crippen molar-refractivity contribution in [3.63, 3.8) is 0 Å². The van der Waals surface area contributed by atoms with Gasteiger partial charge in [-0.15, -0.1) is 0 Å². The maximum absolute atomic E-state index is 10.6. The summed E-state index contributed by atoms with van der Waals surface area (Å²) in [5, 5.41) is 27.8. The summed E-state index contributed by atoms with van der Waals surface area (Å²) in [6, 6.07) is 3.36. The number of rotatable bonds is 3. The zero-order chi connectivity index (χ0) is 10.7. The number of aromatic carboxylic acids is 2. The predicted octanol–water partition coefficient (Wildman–Crippen LogP) is 1.01. The first-order chi connectivity index (χ1) is 6.56. The summed E-state index contributed by atoms with van der Waals surface area (Å²) in [6.45, 7) is -0.747. The quantitative estimate of drug-likeness (QED) is 0.752. The lowest BCUT2D eigenvalue weighted by molar-refractivity contribution is 0.0676. The molecule has 0 bridgehead atoms. The molecule has 14 heavy (non-hydrogen) atoms. The minimum Gasteiger partial charge on any atom is -0.478 e. The van der Waals surface area contributed by atoms with Gasteiger partial charge in [0.25, 0.3) is 0 Å². The summed E-state index contributed by atoms with van der Waals surface area (Å²) < 4.78 is 0. The molecular formula is C9H7O5. The van der Waals surface area contributed by atoms with Crippen LogP contribution in [0.3, 0.4) is 0 Å². The third-order valence-corrected chi connectivity index (χ3v) is 1.74. The summed E-state index contributed by atoms with van der Waals surface area (Å²) in [6.07, 6.45) is 0. The first-order valence-corrected chi connectivity index (χ1v) is 3.74. The van der Waals surface area contributed by atoms with Crippen LogP contribution in [0, 0.1) is 0 Å². The molecule has 0 fully saturated rings. The average molecular weight is 195 g/mol. The van der Waals surface area contributed by atoms with Gasteiger partial charge < -0.3 is 10.2 Å². The Kier molecular flexibility index (Phi) is 2.83. The van der Waals surface area contributed by atoms with Gasteiger partial charge in [-0.1, -0.05) is 0 Å². The molecule has 2 N–H and O–H groups in total. The molecule has 0 aliphatic rings. The molecule has 0 amide bonds. The van der Waals surface area contributed by atoms with Gasteiger partial charge >= 0.3 is 11.9 Å². The number of hydrogen-bond donors (Lipinski definition) is 2. The van der Waals surface area contributed by atoms with Gasteiger partial charge in [0.15, 0.2) is 0 Å². The molecule has 5 nitrogen and oxygen atoms in total. The van der Waals surface area contributed by atoms with Crippen LogP contribution >= 0.6 is 0 Å². The van der Waals surface area contributed by atoms with Crippen molar-refractivity contribution < 1.29 is 24.9 Å². The van der Waals surface area contributed by atoms with Crippen molar-refractivity contribution in [2.24, 2.45) is 0 Å². The molecule has 0 atom stereocenters. The highest BCUT2D eigenvalue weighted by Gasteiger charge is 2.12. The Labute approximate surface area is 79.2 Å². The lowest BCUT2D eigenvalue weighted by Gasteiger charge is -2.02. The molecule has 0 aliphatic heterocycles. The number of benzene rings is 1. The van der Waals surface area contributed by atoms with Crippen LogP contribution in [0.2, 0.25) is 0 Å². The van der Waals surface area contributed by atoms with E-state index in [1.807, 2.05) is 0 Å². The summed E-state index contributed by atoms with van der Waals surface area (Å²) in [4.78, 5) is 21.1. The van der Waals surface area contributed by atoms with E-state index in [2.05, 4.69) is 0 Å². The summed E-state index contributed by atoms with van der Waals surface area (Å²) in [5.74, 6) is -2.41. The smallest absolute Gasteiger partial charge is 0.336 e. The van der Waals surface area contributed by atoms with Gasteiger partial charge in [-0.3, -0.25) is 0 Å². The molecule has 0 heterocycles. The minimum atomic E-state index is -1.23. The highest BCUT2D eigenvalue weighted by molar-refractivity contribution is 5.93. The molecule has 0 unspecified atom stereocenters. The van der Waals surface area contributed by atoms with E-state index >= 15 is 0 Å². The molecule has 1 radical (unpaired) electrons. The van der Waals surface area contributed by atoms with Gasteiger partial charge in [-0.05, 0) is 23.8 Å². The highest BCUT2D eigenvalue weighted by atomic mass is 16.4. The van der Waals surface area contributed by atoms with Crippen molar-refractivity contribution >= 4 is 11.9 Å². The zero-order valence-corrected chi connectivity index (χ0v) is 7.06. The van der Waals surface area contributed by atoms with E-state index in [0.717, 1.165) is 18.2 Å². The van der Waals surface area contributed by atoms with Crippen molar-refractivity contribution in [2.45, 2.75) is 6.61 Å². The molecular weight excluding hydrogens is 188 g/mol. The second-order valence-corrected chi connectivity index (χ2v) is 2.63. The highest BCUT2D eigenvalue weighted by Crippen LogP contribution is 2.12. The van der Waals surface area contributed by atoms with Crippen molar-refractivity contribution in [2.75, 3.05) is 0 Å². The number of carboxylic acid groups (broad SMARTS) is 2. The van der Waals surface area contributed by atoms with Gasteiger partial charge in [0.2, 0.25) is 0 Å². The van der Waals surface area contributed by atoms with Crippen molar-refractivity contribution in [3.05, 3.63) is 34.9 Å².